The molecule has 402 valence electrons. The number of aromatic nitrogens is 3. The summed E-state index contributed by atoms with van der Waals surface area (Å²) in [5.41, 5.74) is -5.14. The molecular weight excluding hydrogens is 1160 g/mol. The molecule has 2 heterocycles. The first-order valence-electron chi connectivity index (χ1n) is 19.8. The topological polar surface area (TPSA) is 518 Å². The molecule has 32 nitrogen and oxygen atoms in total. The second kappa shape index (κ2) is 20.3. The minimum Gasteiger partial charge on any atom is -0.505 e. The van der Waals surface area contributed by atoms with Crippen LogP contribution < -0.4 is 4.74 Å². The van der Waals surface area contributed by atoms with Crippen LogP contribution in [0.3, 0.4) is 0 Å². The number of nitrogens with zero attached hydrogens (tertiary/aromatic N) is 9. The molecule has 0 atom stereocenters. The van der Waals surface area contributed by atoms with Crippen molar-refractivity contribution in [2.24, 2.45) is 30.7 Å². The number of rotatable bonds is 18. The highest BCUT2D eigenvalue weighted by atomic mass is 32.2. The molecule has 5 aromatic carbocycles. The molecule has 9 N–H and O–H groups in total. The Morgan fingerprint density at radius 1 is 0.632 bits per heavy atom. The van der Waals surface area contributed by atoms with Gasteiger partial charge in [0.25, 0.3) is 60.7 Å². The highest BCUT2D eigenvalue weighted by Gasteiger charge is 2.30. The number of hydrogen-bond donors (Lipinski definition) is 9. The molecular formula is C37H29N9O23S7. The van der Waals surface area contributed by atoms with Crippen LogP contribution in [0.25, 0.3) is 26.7 Å². The monoisotopic (exact) mass is 1190 g/mol. The average Bonchev–Trinajstić information content (AvgIpc) is 3.86. The van der Waals surface area contributed by atoms with Crippen molar-refractivity contribution in [1.82, 2.24) is 14.8 Å². The van der Waals surface area contributed by atoms with E-state index >= 15 is 0 Å². The van der Waals surface area contributed by atoms with Crippen molar-refractivity contribution in [3.8, 4) is 23.1 Å². The lowest BCUT2D eigenvalue weighted by Gasteiger charge is -2.13. The molecule has 0 saturated heterocycles. The normalized spacial score (nSPS) is 13.2. The molecule has 7 aromatic rings. The van der Waals surface area contributed by atoms with Crippen LogP contribution in [0.15, 0.2) is 122 Å². The minimum atomic E-state index is -5.67. The molecule has 0 aliphatic heterocycles. The summed E-state index contributed by atoms with van der Waals surface area (Å²) in [7, 11) is -30.8. The standard InChI is InChI=1S/C37H29N9O23S7/c1-16-9-26(27(69-7-2-8-71(51,52)53)15-25(16)40-44-37-38-23-5-3-18(72(54,55)56)13-28(23)70-37)41-42-30-29(75(63,64)65)14-22-21(33(30)47)4-6-24(34(22)76(66,67)68)39-43-31-32(36(49)50)45-46(35(31)48)17-10-19(73(57,58)59)12-20(11-17)74(60,61)62/h3-6,9-15,47-48H,2,7-8H2,1H3,(H,49,50)(H,51,52,53)(H,54,55,56)(H,57,58,59)(H,60,61,62)(H,63,64,65)(H,66,67,68). The van der Waals surface area contributed by atoms with Crippen LogP contribution in [0.4, 0.5) is 33.6 Å². The number of thiazole rings is 1. The van der Waals surface area contributed by atoms with Gasteiger partial charge >= 0.3 is 5.97 Å². The van der Waals surface area contributed by atoms with E-state index in [1.165, 1.54) is 25.1 Å². The van der Waals surface area contributed by atoms with Crippen molar-refractivity contribution >= 4 is 133 Å². The summed E-state index contributed by atoms with van der Waals surface area (Å²) in [4.78, 5) is 10.8. The van der Waals surface area contributed by atoms with Gasteiger partial charge in [0.05, 0.1) is 48.6 Å². The van der Waals surface area contributed by atoms with Crippen LogP contribution in [-0.4, -0.2) is 126 Å². The lowest BCUT2D eigenvalue weighted by atomic mass is 10.1. The van der Waals surface area contributed by atoms with Gasteiger partial charge in [0, 0.05) is 16.8 Å². The summed E-state index contributed by atoms with van der Waals surface area (Å²) >= 11 is 0.883. The predicted octanol–water partition coefficient (Wildman–Crippen LogP) is 6.19. The maximum Gasteiger partial charge on any atom is 0.358 e. The molecule has 0 aliphatic carbocycles. The molecule has 0 radical (unpaired) electrons. The summed E-state index contributed by atoms with van der Waals surface area (Å²) in [6, 6.07) is 9.09. The van der Waals surface area contributed by atoms with E-state index < -0.39 is 154 Å². The number of phenolic OH excluding ortho intramolecular Hbond substituents is 1. The number of ether oxygens (including phenoxy) is 1. The van der Waals surface area contributed by atoms with Crippen molar-refractivity contribution in [2.75, 3.05) is 12.4 Å². The first kappa shape index (κ1) is 56.3. The van der Waals surface area contributed by atoms with Gasteiger partial charge in [-0.05, 0) is 79.6 Å². The number of carboxylic acids is 1. The van der Waals surface area contributed by atoms with E-state index in [0.29, 0.717) is 29.0 Å². The third-order valence-corrected chi connectivity index (χ3v) is 16.0. The van der Waals surface area contributed by atoms with E-state index in [-0.39, 0.29) is 50.5 Å². The Morgan fingerprint density at radius 3 is 1.82 bits per heavy atom. The van der Waals surface area contributed by atoms with Crippen molar-refractivity contribution in [3.05, 3.63) is 78.0 Å². The zero-order chi connectivity index (χ0) is 56.2. The van der Waals surface area contributed by atoms with Crippen molar-refractivity contribution in [2.45, 2.75) is 37.8 Å². The maximum atomic E-state index is 13.0. The van der Waals surface area contributed by atoms with Crippen LogP contribution in [-0.2, 0) is 60.7 Å². The lowest BCUT2D eigenvalue weighted by molar-refractivity contribution is 0.0690. The molecule has 7 rings (SSSR count). The van der Waals surface area contributed by atoms with Gasteiger partial charge in [0.1, 0.15) is 32.6 Å². The smallest absolute Gasteiger partial charge is 0.358 e. The predicted molar refractivity (Wildman–Crippen MR) is 257 cm³/mol. The number of hydrogen-bond acceptors (Lipinski definition) is 25. The fourth-order valence-corrected chi connectivity index (χ4v) is 11.1. The fraction of sp³-hybridized carbons (Fsp3) is 0.108. The Kier molecular flexibility index (Phi) is 15.0. The molecule has 0 bridgehead atoms. The van der Waals surface area contributed by atoms with Crippen LogP contribution in [0.5, 0.6) is 17.4 Å². The molecule has 0 aliphatic rings. The van der Waals surface area contributed by atoms with E-state index in [1.807, 2.05) is 0 Å². The third kappa shape index (κ3) is 12.5. The summed E-state index contributed by atoms with van der Waals surface area (Å²) < 4.78 is 210. The number of azo groups is 3. The average molecular weight is 1190 g/mol. The van der Waals surface area contributed by atoms with Gasteiger partial charge in [-0.3, -0.25) is 27.3 Å². The Bertz CT molecular complexity index is 4380. The van der Waals surface area contributed by atoms with Gasteiger partial charge < -0.3 is 20.1 Å². The Hall–Kier alpha value is -7.41. The number of fused-ring (bicyclic) bond motifs is 2. The van der Waals surface area contributed by atoms with Crippen LogP contribution in [0.2, 0.25) is 0 Å². The van der Waals surface area contributed by atoms with Gasteiger partial charge in [-0.1, -0.05) is 11.3 Å². The third-order valence-electron chi connectivity index (χ3n) is 9.93. The number of aromatic carboxylic acids is 1. The molecule has 0 saturated carbocycles. The van der Waals surface area contributed by atoms with E-state index in [0.717, 1.165) is 29.5 Å². The van der Waals surface area contributed by atoms with Gasteiger partial charge in [-0.15, -0.1) is 30.7 Å². The summed E-state index contributed by atoms with van der Waals surface area (Å²) in [6.45, 7) is 1.02. The number of phenols is 1. The summed E-state index contributed by atoms with van der Waals surface area (Å²) in [5, 5.41) is 57.2. The van der Waals surface area contributed by atoms with Gasteiger partial charge in [0.15, 0.2) is 11.4 Å². The second-order valence-corrected chi connectivity index (χ2v) is 24.8. The number of carboxylic acid groups (broad SMARTS) is 1. The second-order valence-electron chi connectivity index (χ2n) is 15.2. The Balaban J connectivity index is 1.32. The maximum absolute atomic E-state index is 13.0. The Morgan fingerprint density at radius 2 is 1.24 bits per heavy atom. The fourth-order valence-electron chi connectivity index (χ4n) is 6.61. The molecule has 76 heavy (non-hydrogen) atoms. The molecule has 0 spiro atoms. The zero-order valence-electron chi connectivity index (χ0n) is 37.1. The number of aryl methyl sites for hydroxylation is 1. The largest absolute Gasteiger partial charge is 0.505 e. The van der Waals surface area contributed by atoms with Crippen molar-refractivity contribution in [1.29, 1.82) is 0 Å². The number of carbonyl (C=O) groups is 1. The first-order chi connectivity index (χ1) is 35.0. The van der Waals surface area contributed by atoms with Gasteiger partial charge in [-0.25, -0.2) is 9.78 Å². The number of aromatic hydroxyl groups is 2. The summed E-state index contributed by atoms with van der Waals surface area (Å²) in [6.07, 6.45) is -0.312. The first-order valence-corrected chi connectivity index (χ1v) is 29.4. The molecule has 0 fully saturated rings. The van der Waals surface area contributed by atoms with Gasteiger partial charge in [-0.2, -0.15) is 60.3 Å². The Labute approximate surface area is 429 Å². The molecule has 2 aromatic heterocycles. The molecule has 0 unspecified atom stereocenters. The SMILES string of the molecule is Cc1cc(N=Nc2c(S(=O)(=O)O)cc3c(S(=O)(=O)O)c(N=Nc4c(C(=O)O)nn(-c5cc(S(=O)(=O)O)cc(S(=O)(=O)O)c5)c4O)ccc3c2O)c(OCCCS(=O)(=O)O)cc1N=Nc1nc2ccc(S(=O)(=O)O)cc2s1. The van der Waals surface area contributed by atoms with Crippen molar-refractivity contribution < 1.29 is 103 Å². The zero-order valence-corrected chi connectivity index (χ0v) is 42.8. The van der Waals surface area contributed by atoms with Crippen LogP contribution >= 0.6 is 11.3 Å². The van der Waals surface area contributed by atoms with Crippen LogP contribution in [0, 0.1) is 6.92 Å². The van der Waals surface area contributed by atoms with Crippen molar-refractivity contribution in [3.63, 3.8) is 0 Å². The quantitative estimate of drug-likeness (QED) is 0.0263. The minimum absolute atomic E-state index is 0.00271. The van der Waals surface area contributed by atoms with E-state index in [4.69, 9.17) is 4.74 Å². The van der Waals surface area contributed by atoms with E-state index in [2.05, 4.69) is 40.8 Å². The number of benzene rings is 5. The molecule has 0 amide bonds. The highest BCUT2D eigenvalue weighted by Crippen LogP contribution is 2.47. The van der Waals surface area contributed by atoms with Crippen LogP contribution in [0.1, 0.15) is 22.5 Å². The van der Waals surface area contributed by atoms with Gasteiger partial charge in [0.2, 0.25) is 16.7 Å². The van der Waals surface area contributed by atoms with E-state index in [1.54, 1.807) is 0 Å². The molecule has 39 heteroatoms. The highest BCUT2D eigenvalue weighted by molar-refractivity contribution is 7.87. The van der Waals surface area contributed by atoms with E-state index in [9.17, 15) is 97.9 Å². The summed E-state index contributed by atoms with van der Waals surface area (Å²) in [5.74, 6) is -5.71. The lowest BCUT2D eigenvalue weighted by Crippen LogP contribution is -2.08.